The number of hydrogen-bond donors (Lipinski definition) is 2. The highest BCUT2D eigenvalue weighted by molar-refractivity contribution is 5.87. The molecule has 180 valence electrons. The first-order valence-corrected chi connectivity index (χ1v) is 11.3. The number of carboxylic acid groups (broad SMARTS) is 1. The van der Waals surface area contributed by atoms with E-state index in [4.69, 9.17) is 19.3 Å². The summed E-state index contributed by atoms with van der Waals surface area (Å²) in [6.07, 6.45) is 1.73. The van der Waals surface area contributed by atoms with Crippen molar-refractivity contribution in [2.45, 2.75) is 32.3 Å². The molecule has 1 unspecified atom stereocenters. The Balaban J connectivity index is 1.77. The molecule has 6 heteroatoms. The second-order valence-corrected chi connectivity index (χ2v) is 8.27. The van der Waals surface area contributed by atoms with Gasteiger partial charge in [-0.25, -0.2) is 4.79 Å². The Labute approximate surface area is 200 Å². The van der Waals surface area contributed by atoms with Crippen molar-refractivity contribution in [3.05, 3.63) is 89.0 Å². The molecule has 0 radical (unpaired) electrons. The van der Waals surface area contributed by atoms with Gasteiger partial charge in [-0.3, -0.25) is 0 Å². The molecule has 0 saturated carbocycles. The zero-order valence-corrected chi connectivity index (χ0v) is 19.9. The summed E-state index contributed by atoms with van der Waals surface area (Å²) in [5.74, 6) is 0.690. The Hall–Kier alpha value is -3.51. The van der Waals surface area contributed by atoms with Crippen LogP contribution in [0.4, 0.5) is 0 Å². The largest absolute Gasteiger partial charge is 0.496 e. The SMILES string of the molecule is COc1cc(C(O)[C@H](CCCc2ccccc2)COc2ccc(C(=O)O)cc2)cc(OC)c1C. The Morgan fingerprint density at radius 1 is 0.941 bits per heavy atom. The summed E-state index contributed by atoms with van der Waals surface area (Å²) in [4.78, 5) is 11.1. The molecule has 0 aromatic heterocycles. The van der Waals surface area contributed by atoms with Gasteiger partial charge in [0.15, 0.2) is 0 Å². The van der Waals surface area contributed by atoms with E-state index in [-0.39, 0.29) is 18.1 Å². The number of carbonyl (C=O) groups is 1. The monoisotopic (exact) mass is 464 g/mol. The van der Waals surface area contributed by atoms with Crippen LogP contribution in [0.15, 0.2) is 66.7 Å². The van der Waals surface area contributed by atoms with Crippen molar-refractivity contribution in [2.24, 2.45) is 5.92 Å². The molecule has 0 spiro atoms. The van der Waals surface area contributed by atoms with Crippen LogP contribution in [-0.4, -0.2) is 37.0 Å². The lowest BCUT2D eigenvalue weighted by molar-refractivity contribution is 0.0677. The third kappa shape index (κ3) is 6.51. The highest BCUT2D eigenvalue weighted by Crippen LogP contribution is 2.36. The Bertz CT molecular complexity index is 1040. The van der Waals surface area contributed by atoms with E-state index in [0.29, 0.717) is 22.8 Å². The Morgan fingerprint density at radius 2 is 1.56 bits per heavy atom. The molecule has 0 aliphatic carbocycles. The summed E-state index contributed by atoms with van der Waals surface area (Å²) in [7, 11) is 3.19. The maximum absolute atomic E-state index is 11.3. The van der Waals surface area contributed by atoms with Gasteiger partial charge in [-0.2, -0.15) is 0 Å². The molecule has 3 aromatic rings. The molecule has 2 N–H and O–H groups in total. The van der Waals surface area contributed by atoms with Crippen molar-refractivity contribution < 1.29 is 29.2 Å². The van der Waals surface area contributed by atoms with Gasteiger partial charge in [-0.1, -0.05) is 30.3 Å². The lowest BCUT2D eigenvalue weighted by Crippen LogP contribution is -2.21. The Kier molecular flexibility index (Phi) is 8.93. The molecule has 0 aliphatic rings. The summed E-state index contributed by atoms with van der Waals surface area (Å²) in [6.45, 7) is 2.19. The van der Waals surface area contributed by atoms with E-state index in [2.05, 4.69) is 12.1 Å². The van der Waals surface area contributed by atoms with Crippen molar-refractivity contribution in [2.75, 3.05) is 20.8 Å². The normalized spacial score (nSPS) is 12.6. The lowest BCUT2D eigenvalue weighted by Gasteiger charge is -2.25. The molecule has 0 saturated heterocycles. The van der Waals surface area contributed by atoms with E-state index < -0.39 is 12.1 Å². The second-order valence-electron chi connectivity index (χ2n) is 8.27. The number of aliphatic hydroxyl groups excluding tert-OH is 1. The highest BCUT2D eigenvalue weighted by atomic mass is 16.5. The summed E-state index contributed by atoms with van der Waals surface area (Å²) in [6, 6.07) is 20.2. The maximum Gasteiger partial charge on any atom is 0.335 e. The van der Waals surface area contributed by atoms with Gasteiger partial charge in [0.25, 0.3) is 0 Å². The van der Waals surface area contributed by atoms with Crippen molar-refractivity contribution in [3.63, 3.8) is 0 Å². The standard InChI is InChI=1S/C28H32O6/c1-19-25(32-2)16-23(17-26(19)33-3)27(29)22(11-7-10-20-8-5-4-6-9-20)18-34-24-14-12-21(13-15-24)28(30)31/h4-6,8-9,12-17,22,27,29H,7,10-11,18H2,1-3H3,(H,30,31)/t22-,27?/m1/s1. The number of methoxy groups -OCH3 is 2. The third-order valence-corrected chi connectivity index (χ3v) is 6.01. The molecule has 3 aromatic carbocycles. The van der Waals surface area contributed by atoms with E-state index in [1.807, 2.05) is 37.3 Å². The number of ether oxygens (including phenoxy) is 3. The average Bonchev–Trinajstić information content (AvgIpc) is 2.86. The van der Waals surface area contributed by atoms with E-state index in [9.17, 15) is 9.90 Å². The van der Waals surface area contributed by atoms with Gasteiger partial charge in [0.2, 0.25) is 0 Å². The molecular formula is C28H32O6. The first kappa shape index (κ1) is 25.1. The molecule has 34 heavy (non-hydrogen) atoms. The topological polar surface area (TPSA) is 85.2 Å². The summed E-state index contributed by atoms with van der Waals surface area (Å²) >= 11 is 0. The number of aryl methyl sites for hydroxylation is 1. The quantitative estimate of drug-likeness (QED) is 0.370. The second kappa shape index (κ2) is 12.1. The van der Waals surface area contributed by atoms with Crippen molar-refractivity contribution >= 4 is 5.97 Å². The number of hydrogen-bond acceptors (Lipinski definition) is 5. The van der Waals surface area contributed by atoms with Crippen LogP contribution in [0.2, 0.25) is 0 Å². The minimum atomic E-state index is -0.983. The van der Waals surface area contributed by atoms with Crippen LogP contribution in [0.1, 0.15) is 46.0 Å². The predicted octanol–water partition coefficient (Wildman–Crippen LogP) is 5.46. The molecule has 3 rings (SSSR count). The molecule has 0 fully saturated rings. The number of benzene rings is 3. The smallest absolute Gasteiger partial charge is 0.335 e. The lowest BCUT2D eigenvalue weighted by atomic mass is 9.90. The van der Waals surface area contributed by atoms with Crippen LogP contribution in [0, 0.1) is 12.8 Å². The minimum Gasteiger partial charge on any atom is -0.496 e. The van der Waals surface area contributed by atoms with E-state index in [0.717, 1.165) is 24.8 Å². The van der Waals surface area contributed by atoms with Gasteiger partial charge >= 0.3 is 5.97 Å². The number of aliphatic hydroxyl groups is 1. The van der Waals surface area contributed by atoms with Crippen molar-refractivity contribution in [3.8, 4) is 17.2 Å². The molecule has 0 heterocycles. The van der Waals surface area contributed by atoms with Crippen LogP contribution in [-0.2, 0) is 6.42 Å². The van der Waals surface area contributed by atoms with Crippen LogP contribution in [0.25, 0.3) is 0 Å². The van der Waals surface area contributed by atoms with Crippen LogP contribution >= 0.6 is 0 Å². The first-order valence-electron chi connectivity index (χ1n) is 11.3. The number of rotatable bonds is 12. The van der Waals surface area contributed by atoms with Gasteiger partial charge in [-0.05, 0) is 73.7 Å². The van der Waals surface area contributed by atoms with Gasteiger partial charge in [0, 0.05) is 11.5 Å². The zero-order valence-electron chi connectivity index (χ0n) is 19.9. The van der Waals surface area contributed by atoms with Crippen molar-refractivity contribution in [1.29, 1.82) is 0 Å². The fourth-order valence-corrected chi connectivity index (χ4v) is 3.99. The van der Waals surface area contributed by atoms with Crippen LogP contribution in [0.3, 0.4) is 0 Å². The zero-order chi connectivity index (χ0) is 24.5. The summed E-state index contributed by atoms with van der Waals surface area (Å²) in [5.41, 5.74) is 3.02. The van der Waals surface area contributed by atoms with Crippen LogP contribution < -0.4 is 14.2 Å². The molecule has 2 atom stereocenters. The molecule has 0 bridgehead atoms. The predicted molar refractivity (Wildman–Crippen MR) is 131 cm³/mol. The fraction of sp³-hybridized carbons (Fsp3) is 0.321. The molecular weight excluding hydrogens is 432 g/mol. The summed E-state index contributed by atoms with van der Waals surface area (Å²) in [5, 5.41) is 20.4. The third-order valence-electron chi connectivity index (χ3n) is 6.01. The molecule has 0 aliphatic heterocycles. The van der Waals surface area contributed by atoms with Gasteiger partial charge < -0.3 is 24.4 Å². The summed E-state index contributed by atoms with van der Waals surface area (Å²) < 4.78 is 16.9. The van der Waals surface area contributed by atoms with Gasteiger partial charge in [-0.15, -0.1) is 0 Å². The van der Waals surface area contributed by atoms with Gasteiger partial charge in [0.1, 0.15) is 17.2 Å². The first-order chi connectivity index (χ1) is 16.4. The van der Waals surface area contributed by atoms with Crippen molar-refractivity contribution in [1.82, 2.24) is 0 Å². The average molecular weight is 465 g/mol. The highest BCUT2D eigenvalue weighted by Gasteiger charge is 2.24. The van der Waals surface area contributed by atoms with E-state index in [1.54, 1.807) is 26.4 Å². The number of carboxylic acids is 1. The fourth-order valence-electron chi connectivity index (χ4n) is 3.99. The van der Waals surface area contributed by atoms with E-state index >= 15 is 0 Å². The Morgan fingerprint density at radius 3 is 2.12 bits per heavy atom. The minimum absolute atomic E-state index is 0.194. The number of aromatic carboxylic acids is 1. The molecule has 0 amide bonds. The maximum atomic E-state index is 11.3. The van der Waals surface area contributed by atoms with Gasteiger partial charge in [0.05, 0.1) is 32.5 Å². The van der Waals surface area contributed by atoms with E-state index in [1.165, 1.54) is 17.7 Å². The molecule has 6 nitrogen and oxygen atoms in total. The van der Waals surface area contributed by atoms with Crippen LogP contribution in [0.5, 0.6) is 17.2 Å².